The standard InChI is InChI=1S/C18H18N2S/c1-12-10-15-14-6-4-5-7-17(14)21-18(15)11-16(12)20-9-8-19(3)13(20)2/h4-11,13H,1-3H3. The molecule has 0 amide bonds. The Morgan fingerprint density at radius 2 is 1.81 bits per heavy atom. The molecule has 0 saturated carbocycles. The Hall–Kier alpha value is -2.00. The van der Waals surface area contributed by atoms with E-state index in [-0.39, 0.29) is 0 Å². The molecule has 2 nitrogen and oxygen atoms in total. The summed E-state index contributed by atoms with van der Waals surface area (Å²) in [6.07, 6.45) is 4.68. The second-order valence-corrected chi connectivity index (χ2v) is 6.82. The number of hydrogen-bond acceptors (Lipinski definition) is 3. The SMILES string of the molecule is Cc1cc2c(cc1N1C=CN(C)C1C)sc1ccccc12. The highest BCUT2D eigenvalue weighted by Crippen LogP contribution is 2.38. The number of benzene rings is 2. The van der Waals surface area contributed by atoms with Gasteiger partial charge >= 0.3 is 0 Å². The van der Waals surface area contributed by atoms with Crippen molar-refractivity contribution in [3.8, 4) is 0 Å². The summed E-state index contributed by atoms with van der Waals surface area (Å²) in [5.74, 6) is 0. The first kappa shape index (κ1) is 12.7. The molecule has 0 fully saturated rings. The second kappa shape index (κ2) is 4.50. The zero-order valence-corrected chi connectivity index (χ0v) is 13.3. The van der Waals surface area contributed by atoms with E-state index in [0.29, 0.717) is 6.17 Å². The number of nitrogens with zero attached hydrogens (tertiary/aromatic N) is 2. The third-order valence-corrected chi connectivity index (χ3v) is 5.56. The van der Waals surface area contributed by atoms with Gasteiger partial charge in [0.1, 0.15) is 6.17 Å². The minimum atomic E-state index is 0.371. The molecule has 0 radical (unpaired) electrons. The molecule has 0 bridgehead atoms. The number of thiophene rings is 1. The maximum Gasteiger partial charge on any atom is 0.102 e. The summed E-state index contributed by atoms with van der Waals surface area (Å²) >= 11 is 1.88. The van der Waals surface area contributed by atoms with E-state index in [4.69, 9.17) is 0 Å². The van der Waals surface area contributed by atoms with Crippen LogP contribution in [-0.4, -0.2) is 18.1 Å². The van der Waals surface area contributed by atoms with Crippen molar-refractivity contribution in [3.63, 3.8) is 0 Å². The molecule has 1 aliphatic rings. The van der Waals surface area contributed by atoms with Crippen molar-refractivity contribution in [2.75, 3.05) is 11.9 Å². The summed E-state index contributed by atoms with van der Waals surface area (Å²) in [5, 5.41) is 2.75. The Kier molecular flexibility index (Phi) is 2.73. The Labute approximate surface area is 128 Å². The molecule has 0 N–H and O–H groups in total. The maximum atomic E-state index is 2.35. The molecule has 3 aromatic rings. The van der Waals surface area contributed by atoms with Gasteiger partial charge in [0.05, 0.1) is 0 Å². The molecule has 106 valence electrons. The van der Waals surface area contributed by atoms with Crippen molar-refractivity contribution in [3.05, 3.63) is 54.4 Å². The van der Waals surface area contributed by atoms with Gasteiger partial charge in [0, 0.05) is 45.3 Å². The van der Waals surface area contributed by atoms with Gasteiger partial charge in [-0.2, -0.15) is 0 Å². The summed E-state index contributed by atoms with van der Waals surface area (Å²) in [5.41, 5.74) is 2.64. The number of hydrogen-bond donors (Lipinski definition) is 0. The van der Waals surface area contributed by atoms with Crippen molar-refractivity contribution in [2.24, 2.45) is 0 Å². The molecule has 1 aromatic heterocycles. The molecule has 1 atom stereocenters. The van der Waals surface area contributed by atoms with Crippen molar-refractivity contribution in [1.82, 2.24) is 4.90 Å². The topological polar surface area (TPSA) is 6.48 Å². The van der Waals surface area contributed by atoms with E-state index in [1.54, 1.807) is 0 Å². The maximum absolute atomic E-state index is 2.35. The summed E-state index contributed by atoms with van der Waals surface area (Å²) in [4.78, 5) is 4.58. The molecule has 4 rings (SSSR count). The average molecular weight is 294 g/mol. The van der Waals surface area contributed by atoms with Gasteiger partial charge in [-0.1, -0.05) is 18.2 Å². The summed E-state index contributed by atoms with van der Waals surface area (Å²) in [7, 11) is 2.12. The molecule has 2 aromatic carbocycles. The van der Waals surface area contributed by atoms with Gasteiger partial charge < -0.3 is 9.80 Å². The molecule has 1 aliphatic heterocycles. The number of rotatable bonds is 1. The van der Waals surface area contributed by atoms with E-state index < -0.39 is 0 Å². The van der Waals surface area contributed by atoms with Crippen LogP contribution in [0.4, 0.5) is 5.69 Å². The van der Waals surface area contributed by atoms with Crippen LogP contribution in [0.25, 0.3) is 20.2 Å². The van der Waals surface area contributed by atoms with Crippen molar-refractivity contribution < 1.29 is 0 Å². The Morgan fingerprint density at radius 1 is 1.00 bits per heavy atom. The monoisotopic (exact) mass is 294 g/mol. The first-order valence-corrected chi connectivity index (χ1v) is 8.07. The number of fused-ring (bicyclic) bond motifs is 3. The number of anilines is 1. The summed E-state index contributed by atoms with van der Waals surface area (Å²) < 4.78 is 2.73. The highest BCUT2D eigenvalue weighted by molar-refractivity contribution is 7.25. The predicted octanol–water partition coefficient (Wildman–Crippen LogP) is 4.93. The second-order valence-electron chi connectivity index (χ2n) is 5.74. The van der Waals surface area contributed by atoms with E-state index in [1.165, 1.54) is 31.4 Å². The van der Waals surface area contributed by atoms with Gasteiger partial charge in [-0.05, 0) is 37.6 Å². The van der Waals surface area contributed by atoms with Crippen molar-refractivity contribution >= 4 is 37.2 Å². The lowest BCUT2D eigenvalue weighted by atomic mass is 10.1. The average Bonchev–Trinajstić information content (AvgIpc) is 3.00. The van der Waals surface area contributed by atoms with Crippen LogP contribution in [0.1, 0.15) is 12.5 Å². The lowest BCUT2D eigenvalue weighted by Crippen LogP contribution is -2.33. The fourth-order valence-electron chi connectivity index (χ4n) is 3.05. The Balaban J connectivity index is 1.93. The summed E-state index contributed by atoms with van der Waals surface area (Å²) in [6, 6.07) is 13.3. The van der Waals surface area contributed by atoms with Crippen LogP contribution in [-0.2, 0) is 0 Å². The van der Waals surface area contributed by atoms with Gasteiger partial charge in [-0.25, -0.2) is 0 Å². The van der Waals surface area contributed by atoms with Crippen LogP contribution < -0.4 is 4.90 Å². The summed E-state index contributed by atoms with van der Waals surface area (Å²) in [6.45, 7) is 4.44. The quantitative estimate of drug-likeness (QED) is 0.628. The molecule has 3 heteroatoms. The highest BCUT2D eigenvalue weighted by Gasteiger charge is 2.22. The first-order valence-electron chi connectivity index (χ1n) is 7.25. The van der Waals surface area contributed by atoms with Gasteiger partial charge in [-0.15, -0.1) is 11.3 Å². The van der Waals surface area contributed by atoms with E-state index >= 15 is 0 Å². The highest BCUT2D eigenvalue weighted by atomic mass is 32.1. The molecule has 2 heterocycles. The van der Waals surface area contributed by atoms with Crippen molar-refractivity contribution in [1.29, 1.82) is 0 Å². The lowest BCUT2D eigenvalue weighted by Gasteiger charge is -2.28. The van der Waals surface area contributed by atoms with Crippen LogP contribution in [0.2, 0.25) is 0 Å². The fraction of sp³-hybridized carbons (Fsp3) is 0.222. The molecule has 21 heavy (non-hydrogen) atoms. The molecule has 0 aliphatic carbocycles. The van der Waals surface area contributed by atoms with E-state index in [0.717, 1.165) is 0 Å². The van der Waals surface area contributed by atoms with Crippen LogP contribution in [0, 0.1) is 6.92 Å². The zero-order chi connectivity index (χ0) is 14.6. The zero-order valence-electron chi connectivity index (χ0n) is 12.5. The van der Waals surface area contributed by atoms with Gasteiger partial charge in [0.25, 0.3) is 0 Å². The number of aryl methyl sites for hydroxylation is 1. The fourth-order valence-corrected chi connectivity index (χ4v) is 4.17. The molecular weight excluding hydrogens is 276 g/mol. The molecule has 0 spiro atoms. The first-order chi connectivity index (χ1) is 10.1. The minimum absolute atomic E-state index is 0.371. The largest absolute Gasteiger partial charge is 0.359 e. The Bertz CT molecular complexity index is 862. The van der Waals surface area contributed by atoms with Gasteiger partial charge in [0.15, 0.2) is 0 Å². The van der Waals surface area contributed by atoms with Gasteiger partial charge in [0.2, 0.25) is 0 Å². The molecular formula is C18H18N2S. The Morgan fingerprint density at radius 3 is 2.57 bits per heavy atom. The van der Waals surface area contributed by atoms with Crippen LogP contribution in [0.3, 0.4) is 0 Å². The van der Waals surface area contributed by atoms with Crippen LogP contribution in [0.15, 0.2) is 48.8 Å². The lowest BCUT2D eigenvalue weighted by molar-refractivity contribution is 0.383. The van der Waals surface area contributed by atoms with Crippen LogP contribution in [0.5, 0.6) is 0 Å². The molecule has 0 saturated heterocycles. The van der Waals surface area contributed by atoms with Crippen LogP contribution >= 0.6 is 11.3 Å². The predicted molar refractivity (Wildman–Crippen MR) is 92.9 cm³/mol. The smallest absolute Gasteiger partial charge is 0.102 e. The third-order valence-electron chi connectivity index (χ3n) is 4.43. The minimum Gasteiger partial charge on any atom is -0.359 e. The third kappa shape index (κ3) is 1.84. The van der Waals surface area contributed by atoms with Gasteiger partial charge in [-0.3, -0.25) is 0 Å². The van der Waals surface area contributed by atoms with E-state index in [9.17, 15) is 0 Å². The molecule has 1 unspecified atom stereocenters. The van der Waals surface area contributed by atoms with E-state index in [1.807, 2.05) is 11.3 Å². The normalized spacial score (nSPS) is 18.3. The van der Waals surface area contributed by atoms with E-state index in [2.05, 4.69) is 79.5 Å². The van der Waals surface area contributed by atoms with Crippen molar-refractivity contribution in [2.45, 2.75) is 20.0 Å².